The predicted octanol–water partition coefficient (Wildman–Crippen LogP) is 3.15. The second kappa shape index (κ2) is 8.83. The van der Waals surface area contributed by atoms with Gasteiger partial charge in [-0.05, 0) is 23.6 Å². The van der Waals surface area contributed by atoms with Crippen LogP contribution in [0.15, 0.2) is 28.6 Å². The summed E-state index contributed by atoms with van der Waals surface area (Å²) in [6, 6.07) is 6.29. The Kier molecular flexibility index (Phi) is 6.79. The quantitative estimate of drug-likeness (QED) is 0.713. The van der Waals surface area contributed by atoms with Crippen molar-refractivity contribution in [2.75, 3.05) is 17.6 Å². The number of hydrogen-bond acceptors (Lipinski definition) is 6. The van der Waals surface area contributed by atoms with E-state index >= 15 is 0 Å². The van der Waals surface area contributed by atoms with Gasteiger partial charge in [0.2, 0.25) is 11.0 Å². The van der Waals surface area contributed by atoms with Gasteiger partial charge in [-0.25, -0.2) is 4.39 Å². The van der Waals surface area contributed by atoms with E-state index in [-0.39, 0.29) is 11.7 Å². The Labute approximate surface area is 143 Å². The third-order valence-corrected chi connectivity index (χ3v) is 4.81. The highest BCUT2D eigenvalue weighted by molar-refractivity contribution is 8.01. The number of anilines is 1. The minimum atomic E-state index is -0.251. The van der Waals surface area contributed by atoms with Crippen LogP contribution in [0.25, 0.3) is 0 Å². The fraction of sp³-hybridized carbons (Fsp3) is 0.400. The van der Waals surface area contributed by atoms with Crippen molar-refractivity contribution in [1.82, 2.24) is 15.5 Å². The Morgan fingerprint density at radius 2 is 2.04 bits per heavy atom. The molecular weight excluding hydrogens is 335 g/mol. The zero-order valence-electron chi connectivity index (χ0n) is 13.0. The van der Waals surface area contributed by atoms with E-state index in [0.717, 1.165) is 9.90 Å². The molecule has 0 bridgehead atoms. The number of hydrogen-bond donors (Lipinski definition) is 2. The Bertz CT molecular complexity index is 631. The molecule has 0 radical (unpaired) electrons. The minimum Gasteiger partial charge on any atom is -0.356 e. The van der Waals surface area contributed by atoms with Crippen molar-refractivity contribution >= 4 is 34.1 Å². The van der Waals surface area contributed by atoms with Crippen LogP contribution in [0.5, 0.6) is 0 Å². The summed E-state index contributed by atoms with van der Waals surface area (Å²) in [6.07, 6.45) is 0. The van der Waals surface area contributed by atoms with Gasteiger partial charge in [-0.2, -0.15) is 0 Å². The van der Waals surface area contributed by atoms with E-state index in [9.17, 15) is 9.18 Å². The van der Waals surface area contributed by atoms with Crippen molar-refractivity contribution < 1.29 is 9.18 Å². The van der Waals surface area contributed by atoms with Crippen LogP contribution < -0.4 is 10.6 Å². The number of carbonyl (C=O) groups excluding carboxylic acids is 1. The van der Waals surface area contributed by atoms with Crippen molar-refractivity contribution in [2.24, 2.45) is 5.92 Å². The molecule has 1 amide bonds. The predicted molar refractivity (Wildman–Crippen MR) is 92.2 cm³/mol. The maximum Gasteiger partial charge on any atom is 0.230 e. The Hall–Kier alpha value is -1.67. The molecule has 0 unspecified atom stereocenters. The third-order valence-electron chi connectivity index (χ3n) is 2.80. The molecule has 0 fully saturated rings. The smallest absolute Gasteiger partial charge is 0.230 e. The van der Waals surface area contributed by atoms with Crippen molar-refractivity contribution in [1.29, 1.82) is 0 Å². The molecule has 2 aromatic rings. The lowest BCUT2D eigenvalue weighted by Gasteiger charge is -2.06. The number of benzene rings is 1. The van der Waals surface area contributed by atoms with Crippen LogP contribution >= 0.6 is 23.1 Å². The molecule has 8 heteroatoms. The Morgan fingerprint density at radius 3 is 2.74 bits per heavy atom. The van der Waals surface area contributed by atoms with Crippen LogP contribution in [0.2, 0.25) is 0 Å². The average Bonchev–Trinajstić information content (AvgIpc) is 2.98. The maximum absolute atomic E-state index is 12.8. The normalized spacial score (nSPS) is 10.8. The first-order valence-corrected chi connectivity index (χ1v) is 9.04. The number of rotatable bonds is 8. The van der Waals surface area contributed by atoms with Crippen LogP contribution in [0.1, 0.15) is 19.4 Å². The van der Waals surface area contributed by atoms with E-state index in [1.165, 1.54) is 35.2 Å². The monoisotopic (exact) mass is 354 g/mol. The van der Waals surface area contributed by atoms with Gasteiger partial charge in [0.25, 0.3) is 0 Å². The van der Waals surface area contributed by atoms with Crippen LogP contribution in [-0.2, 0) is 11.3 Å². The summed E-state index contributed by atoms with van der Waals surface area (Å²) in [5, 5.41) is 14.7. The highest BCUT2D eigenvalue weighted by Gasteiger charge is 2.08. The molecule has 23 heavy (non-hydrogen) atoms. The molecular formula is C15H19FN4OS2. The number of halogens is 1. The summed E-state index contributed by atoms with van der Waals surface area (Å²) in [6.45, 7) is 5.34. The van der Waals surface area contributed by atoms with Crippen LogP contribution in [0, 0.1) is 11.7 Å². The molecule has 0 spiro atoms. The number of nitrogens with one attached hydrogen (secondary N) is 2. The molecule has 0 saturated heterocycles. The highest BCUT2D eigenvalue weighted by Crippen LogP contribution is 2.25. The zero-order valence-corrected chi connectivity index (χ0v) is 14.6. The second-order valence-electron chi connectivity index (χ2n) is 5.34. The first kappa shape index (κ1) is 17.7. The lowest BCUT2D eigenvalue weighted by Crippen LogP contribution is -2.28. The fourth-order valence-corrected chi connectivity index (χ4v) is 3.19. The minimum absolute atomic E-state index is 0.000258. The van der Waals surface area contributed by atoms with Crippen LogP contribution in [0.4, 0.5) is 9.52 Å². The Morgan fingerprint density at radius 1 is 1.30 bits per heavy atom. The first-order valence-electron chi connectivity index (χ1n) is 7.24. The summed E-state index contributed by atoms with van der Waals surface area (Å²) in [7, 11) is 0. The van der Waals surface area contributed by atoms with Crippen LogP contribution in [-0.4, -0.2) is 28.4 Å². The van der Waals surface area contributed by atoms with Gasteiger partial charge in [0.15, 0.2) is 4.34 Å². The molecule has 124 valence electrons. The van der Waals surface area contributed by atoms with Crippen molar-refractivity contribution in [3.8, 4) is 0 Å². The van der Waals surface area contributed by atoms with Gasteiger partial charge in [0.1, 0.15) is 5.82 Å². The van der Waals surface area contributed by atoms with E-state index in [1.807, 2.05) is 0 Å². The van der Waals surface area contributed by atoms with E-state index in [1.54, 1.807) is 12.1 Å². The lowest BCUT2D eigenvalue weighted by molar-refractivity contribution is -0.118. The van der Waals surface area contributed by atoms with Crippen molar-refractivity contribution in [2.45, 2.75) is 24.7 Å². The zero-order chi connectivity index (χ0) is 16.7. The second-order valence-corrected chi connectivity index (χ2v) is 7.54. The van der Waals surface area contributed by atoms with Gasteiger partial charge < -0.3 is 10.6 Å². The molecule has 0 atom stereocenters. The first-order chi connectivity index (χ1) is 11.0. The number of nitrogens with zero attached hydrogens (tertiary/aromatic N) is 2. The Balaban J connectivity index is 1.74. The lowest BCUT2D eigenvalue weighted by atomic mass is 10.2. The largest absolute Gasteiger partial charge is 0.356 e. The molecule has 0 aliphatic rings. The summed E-state index contributed by atoms with van der Waals surface area (Å²) in [5.41, 5.74) is 0.962. The average molecular weight is 354 g/mol. The molecule has 2 N–H and O–H groups in total. The maximum atomic E-state index is 12.8. The summed E-state index contributed by atoms with van der Waals surface area (Å²) in [4.78, 5) is 11.6. The summed E-state index contributed by atoms with van der Waals surface area (Å²) >= 11 is 2.77. The number of thioether (sulfide) groups is 1. The molecule has 1 aromatic heterocycles. The standard InChI is InChI=1S/C15H19FN4OS2/c1-10(2)7-17-13(21)9-22-15-20-19-14(23-15)18-8-11-3-5-12(16)6-4-11/h3-6,10H,7-9H2,1-2H3,(H,17,21)(H,18,19). The van der Waals surface area contributed by atoms with Crippen molar-refractivity contribution in [3.05, 3.63) is 35.6 Å². The van der Waals surface area contributed by atoms with Crippen molar-refractivity contribution in [3.63, 3.8) is 0 Å². The van der Waals surface area contributed by atoms with Gasteiger partial charge >= 0.3 is 0 Å². The number of amides is 1. The number of aromatic nitrogens is 2. The highest BCUT2D eigenvalue weighted by atomic mass is 32.2. The van der Waals surface area contributed by atoms with Gasteiger partial charge in [-0.1, -0.05) is 49.1 Å². The van der Waals surface area contributed by atoms with Gasteiger partial charge in [0, 0.05) is 13.1 Å². The van der Waals surface area contributed by atoms with Gasteiger partial charge in [-0.15, -0.1) is 10.2 Å². The summed E-state index contributed by atoms with van der Waals surface area (Å²) < 4.78 is 13.6. The molecule has 1 heterocycles. The van der Waals surface area contributed by atoms with E-state index in [4.69, 9.17) is 0 Å². The molecule has 1 aromatic carbocycles. The molecule has 2 rings (SSSR count). The fourth-order valence-electron chi connectivity index (χ4n) is 1.62. The van der Waals surface area contributed by atoms with E-state index < -0.39 is 0 Å². The topological polar surface area (TPSA) is 66.9 Å². The molecule has 0 saturated carbocycles. The molecule has 0 aliphatic heterocycles. The SMILES string of the molecule is CC(C)CNC(=O)CSc1nnc(NCc2ccc(F)cc2)s1. The summed E-state index contributed by atoms with van der Waals surface area (Å²) in [5.74, 6) is 0.519. The van der Waals surface area contributed by atoms with Gasteiger partial charge in [-0.3, -0.25) is 4.79 Å². The van der Waals surface area contributed by atoms with E-state index in [0.29, 0.717) is 29.9 Å². The third kappa shape index (κ3) is 6.54. The molecule has 5 nitrogen and oxygen atoms in total. The van der Waals surface area contributed by atoms with E-state index in [2.05, 4.69) is 34.7 Å². The van der Waals surface area contributed by atoms with Crippen LogP contribution in [0.3, 0.4) is 0 Å². The number of carbonyl (C=O) groups is 1. The molecule has 0 aliphatic carbocycles. The van der Waals surface area contributed by atoms with Gasteiger partial charge in [0.05, 0.1) is 5.75 Å².